The summed E-state index contributed by atoms with van der Waals surface area (Å²) in [6.45, 7) is 6.75. The van der Waals surface area contributed by atoms with Crippen LogP contribution in [0.2, 0.25) is 0 Å². The third-order valence-electron chi connectivity index (χ3n) is 2.79. The van der Waals surface area contributed by atoms with Crippen molar-refractivity contribution < 1.29 is 14.6 Å². The van der Waals surface area contributed by atoms with Gasteiger partial charge in [0.05, 0.1) is 0 Å². The zero-order valence-electron chi connectivity index (χ0n) is 8.95. The van der Waals surface area contributed by atoms with E-state index in [1.165, 1.54) is 0 Å². The quantitative estimate of drug-likeness (QED) is 0.736. The fourth-order valence-electron chi connectivity index (χ4n) is 2.01. The second kappa shape index (κ2) is 4.75. The molecule has 1 aliphatic heterocycles. The highest BCUT2D eigenvalue weighted by Gasteiger charge is 2.42. The Hall–Kier alpha value is -0.610. The molecule has 1 rings (SSSR count). The molecule has 0 saturated carbocycles. The molecular weight excluding hydrogens is 182 g/mol. The second-order valence-corrected chi connectivity index (χ2v) is 3.70. The first-order valence-electron chi connectivity index (χ1n) is 5.24. The number of carbonyl (C=O) groups is 1. The van der Waals surface area contributed by atoms with Gasteiger partial charge < -0.3 is 14.7 Å². The van der Waals surface area contributed by atoms with E-state index in [9.17, 15) is 9.90 Å². The van der Waals surface area contributed by atoms with Crippen LogP contribution in [0.3, 0.4) is 0 Å². The van der Waals surface area contributed by atoms with Gasteiger partial charge >= 0.3 is 5.97 Å². The zero-order chi connectivity index (χ0) is 10.6. The fourth-order valence-corrected chi connectivity index (χ4v) is 2.01. The first kappa shape index (κ1) is 11.5. The van der Waals surface area contributed by atoms with E-state index in [1.54, 1.807) is 0 Å². The maximum Gasteiger partial charge on any atom is 0.337 e. The van der Waals surface area contributed by atoms with E-state index in [0.717, 1.165) is 19.5 Å². The Morgan fingerprint density at radius 1 is 1.57 bits per heavy atom. The lowest BCUT2D eigenvalue weighted by molar-refractivity contribution is -0.173. The van der Waals surface area contributed by atoms with Crippen molar-refractivity contribution in [1.29, 1.82) is 0 Å². The molecule has 0 aromatic rings. The van der Waals surface area contributed by atoms with Gasteiger partial charge in [0.25, 0.3) is 0 Å². The van der Waals surface area contributed by atoms with Crippen molar-refractivity contribution in [1.82, 2.24) is 4.90 Å². The number of carboxylic acids is 1. The topological polar surface area (TPSA) is 49.8 Å². The van der Waals surface area contributed by atoms with Crippen molar-refractivity contribution in [3.8, 4) is 0 Å². The number of nitrogens with zero attached hydrogens (tertiary/aromatic N) is 1. The van der Waals surface area contributed by atoms with Gasteiger partial charge in [0.1, 0.15) is 0 Å². The predicted octanol–water partition coefficient (Wildman–Crippen LogP) is 0.962. The first-order valence-corrected chi connectivity index (χ1v) is 5.24. The SMILES string of the molecule is CCOC1(C(=O)O)CCCN(CC)C1. The summed E-state index contributed by atoms with van der Waals surface area (Å²) in [7, 11) is 0. The number of hydrogen-bond acceptors (Lipinski definition) is 3. The largest absolute Gasteiger partial charge is 0.479 e. The molecule has 1 aliphatic rings. The highest BCUT2D eigenvalue weighted by Crippen LogP contribution is 2.25. The summed E-state index contributed by atoms with van der Waals surface area (Å²) in [4.78, 5) is 13.3. The summed E-state index contributed by atoms with van der Waals surface area (Å²) in [5.74, 6) is -0.822. The van der Waals surface area contributed by atoms with Gasteiger partial charge in [0.15, 0.2) is 5.60 Å². The van der Waals surface area contributed by atoms with Crippen LogP contribution in [0.5, 0.6) is 0 Å². The minimum Gasteiger partial charge on any atom is -0.479 e. The van der Waals surface area contributed by atoms with Crippen molar-refractivity contribution >= 4 is 5.97 Å². The number of rotatable bonds is 4. The molecule has 1 heterocycles. The molecule has 14 heavy (non-hydrogen) atoms. The summed E-state index contributed by atoms with van der Waals surface area (Å²) in [6, 6.07) is 0. The van der Waals surface area contributed by atoms with E-state index in [2.05, 4.69) is 4.90 Å². The highest BCUT2D eigenvalue weighted by molar-refractivity contribution is 5.78. The number of hydrogen-bond donors (Lipinski definition) is 1. The lowest BCUT2D eigenvalue weighted by Crippen LogP contribution is -2.54. The maximum absolute atomic E-state index is 11.2. The van der Waals surface area contributed by atoms with Crippen LogP contribution in [0.15, 0.2) is 0 Å². The third kappa shape index (κ3) is 2.25. The smallest absolute Gasteiger partial charge is 0.337 e. The zero-order valence-corrected chi connectivity index (χ0v) is 8.95. The van der Waals surface area contributed by atoms with E-state index in [1.807, 2.05) is 13.8 Å². The molecule has 4 nitrogen and oxygen atoms in total. The Labute approximate surface area is 84.8 Å². The minimum atomic E-state index is -0.955. The molecule has 1 N–H and O–H groups in total. The van der Waals surface area contributed by atoms with Crippen LogP contribution in [0.25, 0.3) is 0 Å². The van der Waals surface area contributed by atoms with Gasteiger partial charge in [-0.2, -0.15) is 0 Å². The van der Waals surface area contributed by atoms with Gasteiger partial charge in [-0.05, 0) is 32.9 Å². The lowest BCUT2D eigenvalue weighted by atomic mass is 9.92. The van der Waals surface area contributed by atoms with Crippen LogP contribution in [-0.2, 0) is 9.53 Å². The van der Waals surface area contributed by atoms with E-state index >= 15 is 0 Å². The first-order chi connectivity index (χ1) is 6.64. The van der Waals surface area contributed by atoms with Crippen molar-refractivity contribution in [2.45, 2.75) is 32.3 Å². The Bertz CT molecular complexity index is 204. The molecule has 1 atom stereocenters. The van der Waals surface area contributed by atoms with Gasteiger partial charge in [-0.1, -0.05) is 6.92 Å². The Kier molecular flexibility index (Phi) is 3.89. The van der Waals surface area contributed by atoms with E-state index in [-0.39, 0.29) is 0 Å². The van der Waals surface area contributed by atoms with E-state index in [4.69, 9.17) is 4.74 Å². The molecule has 1 saturated heterocycles. The number of carboxylic acid groups (broad SMARTS) is 1. The molecule has 1 fully saturated rings. The van der Waals surface area contributed by atoms with Crippen LogP contribution in [-0.4, -0.2) is 47.8 Å². The van der Waals surface area contributed by atoms with Crippen molar-refractivity contribution in [2.75, 3.05) is 26.2 Å². The summed E-state index contributed by atoms with van der Waals surface area (Å²) in [6.07, 6.45) is 1.53. The molecule has 0 spiro atoms. The minimum absolute atomic E-state index is 0.462. The van der Waals surface area contributed by atoms with Gasteiger partial charge in [-0.25, -0.2) is 4.79 Å². The van der Waals surface area contributed by atoms with Crippen LogP contribution in [0.1, 0.15) is 26.7 Å². The average molecular weight is 201 g/mol. The highest BCUT2D eigenvalue weighted by atomic mass is 16.5. The molecule has 0 aromatic carbocycles. The second-order valence-electron chi connectivity index (χ2n) is 3.70. The number of piperidine rings is 1. The summed E-state index contributed by atoms with van der Waals surface area (Å²) in [5, 5.41) is 9.18. The average Bonchev–Trinajstić information content (AvgIpc) is 2.18. The molecule has 0 aromatic heterocycles. The van der Waals surface area contributed by atoms with Crippen molar-refractivity contribution in [3.05, 3.63) is 0 Å². The van der Waals surface area contributed by atoms with Gasteiger partial charge in [0, 0.05) is 13.2 Å². The molecule has 0 amide bonds. The molecule has 82 valence electrons. The molecule has 1 unspecified atom stereocenters. The number of likely N-dealkylation sites (N-methyl/N-ethyl adjacent to an activating group) is 1. The summed E-state index contributed by atoms with van der Waals surface area (Å²) < 4.78 is 5.42. The predicted molar refractivity (Wildman–Crippen MR) is 53.3 cm³/mol. The molecule has 0 aliphatic carbocycles. The number of ether oxygens (including phenoxy) is 1. The van der Waals surface area contributed by atoms with Gasteiger partial charge in [-0.3, -0.25) is 0 Å². The summed E-state index contributed by atoms with van der Waals surface area (Å²) in [5.41, 5.74) is -0.955. The van der Waals surface area contributed by atoms with Crippen molar-refractivity contribution in [2.24, 2.45) is 0 Å². The summed E-state index contributed by atoms with van der Waals surface area (Å²) >= 11 is 0. The van der Waals surface area contributed by atoms with E-state index in [0.29, 0.717) is 19.6 Å². The lowest BCUT2D eigenvalue weighted by Gasteiger charge is -2.38. The van der Waals surface area contributed by atoms with Gasteiger partial charge in [-0.15, -0.1) is 0 Å². The van der Waals surface area contributed by atoms with Crippen LogP contribution in [0.4, 0.5) is 0 Å². The van der Waals surface area contributed by atoms with Crippen LogP contribution >= 0.6 is 0 Å². The molecular formula is C10H19NO3. The Morgan fingerprint density at radius 2 is 2.29 bits per heavy atom. The van der Waals surface area contributed by atoms with Gasteiger partial charge in [0.2, 0.25) is 0 Å². The van der Waals surface area contributed by atoms with Crippen LogP contribution < -0.4 is 0 Å². The third-order valence-corrected chi connectivity index (χ3v) is 2.79. The number of aliphatic carboxylic acids is 1. The normalized spacial score (nSPS) is 29.0. The maximum atomic E-state index is 11.2. The van der Waals surface area contributed by atoms with Crippen LogP contribution in [0, 0.1) is 0 Å². The van der Waals surface area contributed by atoms with E-state index < -0.39 is 11.6 Å². The number of likely N-dealkylation sites (tertiary alicyclic amines) is 1. The Balaban J connectivity index is 2.70. The Morgan fingerprint density at radius 3 is 2.79 bits per heavy atom. The molecule has 0 radical (unpaired) electrons. The van der Waals surface area contributed by atoms with Crippen molar-refractivity contribution in [3.63, 3.8) is 0 Å². The monoisotopic (exact) mass is 201 g/mol. The molecule has 0 bridgehead atoms. The standard InChI is InChI=1S/C10H19NO3/c1-3-11-7-5-6-10(8-11,9(12)13)14-4-2/h3-8H2,1-2H3,(H,12,13). The fraction of sp³-hybridized carbons (Fsp3) is 0.900. The molecule has 4 heteroatoms.